The zero-order valence-electron chi connectivity index (χ0n) is 12.7. The van der Waals surface area contributed by atoms with Gasteiger partial charge >= 0.3 is 0 Å². The van der Waals surface area contributed by atoms with E-state index in [1.807, 2.05) is 6.20 Å². The molecule has 0 saturated carbocycles. The number of piperazine rings is 1. The van der Waals surface area contributed by atoms with Gasteiger partial charge in [-0.25, -0.2) is 4.98 Å². The number of halogens is 1. The van der Waals surface area contributed by atoms with E-state index in [1.54, 1.807) is 0 Å². The fourth-order valence-electron chi connectivity index (χ4n) is 2.74. The van der Waals surface area contributed by atoms with Crippen LogP contribution < -0.4 is 10.6 Å². The minimum atomic E-state index is 0.242. The van der Waals surface area contributed by atoms with Gasteiger partial charge in [-0.1, -0.05) is 25.6 Å². The summed E-state index contributed by atoms with van der Waals surface area (Å²) in [5.41, 5.74) is 7.11. The fourth-order valence-corrected chi connectivity index (χ4v) is 3.22. The second-order valence-corrected chi connectivity index (χ2v) is 6.85. The quantitative estimate of drug-likeness (QED) is 0.807. The smallest absolute Gasteiger partial charge is 0.128 e. The summed E-state index contributed by atoms with van der Waals surface area (Å²) < 4.78 is 1.06. The third-order valence-corrected chi connectivity index (χ3v) is 5.10. The van der Waals surface area contributed by atoms with Crippen LogP contribution in [0.2, 0.25) is 0 Å². The molecule has 2 N–H and O–H groups in total. The molecule has 1 aliphatic heterocycles. The maximum Gasteiger partial charge on any atom is 0.128 e. The summed E-state index contributed by atoms with van der Waals surface area (Å²) in [6, 6.07) is 2.38. The molecule has 1 aromatic heterocycles. The lowest BCUT2D eigenvalue weighted by Gasteiger charge is -2.39. The molecule has 0 aliphatic carbocycles. The Morgan fingerprint density at radius 3 is 2.62 bits per heavy atom. The van der Waals surface area contributed by atoms with E-state index >= 15 is 0 Å². The third kappa shape index (κ3) is 4.14. The first kappa shape index (κ1) is 16.6. The number of hydrogen-bond donors (Lipinski definition) is 1. The van der Waals surface area contributed by atoms with Crippen molar-refractivity contribution in [2.75, 3.05) is 31.1 Å². The molecule has 1 saturated heterocycles. The van der Waals surface area contributed by atoms with Crippen LogP contribution in [-0.2, 0) is 0 Å². The van der Waals surface area contributed by atoms with Crippen LogP contribution in [-0.4, -0.2) is 47.1 Å². The lowest BCUT2D eigenvalue weighted by atomic mass is 10.1. The number of hydrogen-bond acceptors (Lipinski definition) is 4. The van der Waals surface area contributed by atoms with Crippen molar-refractivity contribution in [1.82, 2.24) is 9.88 Å². The highest BCUT2D eigenvalue weighted by molar-refractivity contribution is 9.10. The minimum absolute atomic E-state index is 0.242. The molecule has 116 valence electrons. The van der Waals surface area contributed by atoms with Gasteiger partial charge in [-0.15, -0.1) is 0 Å². The van der Waals surface area contributed by atoms with E-state index in [0.29, 0.717) is 4.99 Å². The molecular weight excluding hydrogens is 348 g/mol. The highest BCUT2D eigenvalue weighted by Gasteiger charge is 2.25. The number of aromatic nitrogens is 1. The minimum Gasteiger partial charge on any atom is -0.392 e. The van der Waals surface area contributed by atoms with Gasteiger partial charge in [0.15, 0.2) is 0 Å². The standard InChI is InChI=1S/C15H23BrN4S/c1-3-4-13(15(17)21)19-5-7-20(8-6-19)14-9-11(2)12(16)10-18-14/h9-10,13H,3-8H2,1-2H3,(H2,17,21). The van der Waals surface area contributed by atoms with Crippen LogP contribution in [0, 0.1) is 6.92 Å². The van der Waals surface area contributed by atoms with Gasteiger partial charge in [-0.3, -0.25) is 4.90 Å². The molecule has 0 spiro atoms. The average molecular weight is 371 g/mol. The Kier molecular flexibility index (Phi) is 5.96. The molecular formula is C15H23BrN4S. The molecule has 0 amide bonds. The van der Waals surface area contributed by atoms with E-state index in [0.717, 1.165) is 49.3 Å². The molecule has 2 heterocycles. The highest BCUT2D eigenvalue weighted by atomic mass is 79.9. The van der Waals surface area contributed by atoms with E-state index in [-0.39, 0.29) is 6.04 Å². The van der Waals surface area contributed by atoms with Crippen molar-refractivity contribution < 1.29 is 0 Å². The van der Waals surface area contributed by atoms with Gasteiger partial charge in [0, 0.05) is 36.8 Å². The molecule has 1 fully saturated rings. The van der Waals surface area contributed by atoms with Gasteiger partial charge in [0.25, 0.3) is 0 Å². The number of pyridine rings is 1. The third-order valence-electron chi connectivity index (χ3n) is 4.00. The molecule has 0 bridgehead atoms. The zero-order chi connectivity index (χ0) is 15.4. The van der Waals surface area contributed by atoms with Crippen molar-refractivity contribution in [2.24, 2.45) is 5.73 Å². The number of nitrogens with two attached hydrogens (primary N) is 1. The molecule has 4 nitrogen and oxygen atoms in total. The summed E-state index contributed by atoms with van der Waals surface area (Å²) in [6.45, 7) is 8.18. The molecule has 0 radical (unpaired) electrons. The van der Waals surface area contributed by atoms with Crippen molar-refractivity contribution in [1.29, 1.82) is 0 Å². The van der Waals surface area contributed by atoms with Crippen LogP contribution in [0.1, 0.15) is 25.3 Å². The number of nitrogens with zero attached hydrogens (tertiary/aromatic N) is 3. The van der Waals surface area contributed by atoms with Gasteiger partial charge in [0.05, 0.1) is 11.0 Å². The number of thiocarbonyl (C=S) groups is 1. The van der Waals surface area contributed by atoms with Crippen LogP contribution >= 0.6 is 28.1 Å². The largest absolute Gasteiger partial charge is 0.392 e. The fraction of sp³-hybridized carbons (Fsp3) is 0.600. The first-order chi connectivity index (χ1) is 10.0. The predicted molar refractivity (Wildman–Crippen MR) is 95.9 cm³/mol. The van der Waals surface area contributed by atoms with E-state index in [2.05, 4.69) is 50.6 Å². The second kappa shape index (κ2) is 7.51. The summed E-state index contributed by atoms with van der Waals surface area (Å²) in [5.74, 6) is 1.05. The maximum absolute atomic E-state index is 5.89. The molecule has 0 aromatic carbocycles. The van der Waals surface area contributed by atoms with Gasteiger partial charge < -0.3 is 10.6 Å². The first-order valence-corrected chi connectivity index (χ1v) is 8.63. The zero-order valence-corrected chi connectivity index (χ0v) is 15.1. The number of anilines is 1. The van der Waals surface area contributed by atoms with Gasteiger partial charge in [-0.05, 0) is 40.9 Å². The summed E-state index contributed by atoms with van der Waals surface area (Å²) in [7, 11) is 0. The van der Waals surface area contributed by atoms with Crippen LogP contribution in [0.15, 0.2) is 16.7 Å². The van der Waals surface area contributed by atoms with E-state index in [1.165, 1.54) is 5.56 Å². The lowest BCUT2D eigenvalue weighted by molar-refractivity contribution is 0.219. The van der Waals surface area contributed by atoms with Crippen LogP contribution in [0.3, 0.4) is 0 Å². The summed E-state index contributed by atoms with van der Waals surface area (Å²) >= 11 is 8.72. The summed E-state index contributed by atoms with van der Waals surface area (Å²) in [6.07, 6.45) is 4.03. The predicted octanol–water partition coefficient (Wildman–Crippen LogP) is 2.73. The van der Waals surface area contributed by atoms with Crippen LogP contribution in [0.25, 0.3) is 0 Å². The van der Waals surface area contributed by atoms with Gasteiger partial charge in [0.1, 0.15) is 5.82 Å². The Labute approximate surface area is 140 Å². The molecule has 6 heteroatoms. The normalized spacial score (nSPS) is 17.8. The van der Waals surface area contributed by atoms with Crippen molar-refractivity contribution in [2.45, 2.75) is 32.7 Å². The Morgan fingerprint density at radius 2 is 2.10 bits per heavy atom. The summed E-state index contributed by atoms with van der Waals surface area (Å²) in [5, 5.41) is 0. The molecule has 1 aromatic rings. The first-order valence-electron chi connectivity index (χ1n) is 7.43. The van der Waals surface area contributed by atoms with Crippen LogP contribution in [0.5, 0.6) is 0 Å². The Hall–Kier alpha value is -0.720. The lowest BCUT2D eigenvalue weighted by Crippen LogP contribution is -2.54. The van der Waals surface area contributed by atoms with Crippen molar-refractivity contribution in [3.05, 3.63) is 22.3 Å². The second-order valence-electron chi connectivity index (χ2n) is 5.52. The molecule has 2 rings (SSSR count). The molecule has 1 aliphatic rings. The highest BCUT2D eigenvalue weighted by Crippen LogP contribution is 2.21. The number of rotatable bonds is 5. The average Bonchev–Trinajstić information content (AvgIpc) is 2.47. The van der Waals surface area contributed by atoms with Crippen molar-refractivity contribution in [3.63, 3.8) is 0 Å². The van der Waals surface area contributed by atoms with Gasteiger partial charge in [0.2, 0.25) is 0 Å². The van der Waals surface area contributed by atoms with E-state index in [4.69, 9.17) is 18.0 Å². The Bertz CT molecular complexity index is 500. The van der Waals surface area contributed by atoms with Crippen molar-refractivity contribution >= 4 is 39.0 Å². The molecule has 1 atom stereocenters. The van der Waals surface area contributed by atoms with Crippen molar-refractivity contribution in [3.8, 4) is 0 Å². The SMILES string of the molecule is CCCC(C(N)=S)N1CCN(c2cc(C)c(Br)cn2)CC1. The van der Waals surface area contributed by atoms with E-state index in [9.17, 15) is 0 Å². The molecule has 21 heavy (non-hydrogen) atoms. The Morgan fingerprint density at radius 1 is 1.43 bits per heavy atom. The maximum atomic E-state index is 5.89. The summed E-state index contributed by atoms with van der Waals surface area (Å²) in [4.78, 5) is 9.88. The Balaban J connectivity index is 1.99. The monoisotopic (exact) mass is 370 g/mol. The topological polar surface area (TPSA) is 45.4 Å². The molecule has 1 unspecified atom stereocenters. The van der Waals surface area contributed by atoms with Crippen LogP contribution in [0.4, 0.5) is 5.82 Å². The van der Waals surface area contributed by atoms with E-state index < -0.39 is 0 Å². The number of aryl methyl sites for hydroxylation is 1. The van der Waals surface area contributed by atoms with Gasteiger partial charge in [-0.2, -0.15) is 0 Å².